The van der Waals surface area contributed by atoms with Crippen LogP contribution in [0.1, 0.15) is 6.92 Å². The van der Waals surface area contributed by atoms with E-state index in [1.807, 2.05) is 0 Å². The number of nitrogens with two attached hydrogens (primary N) is 1. The van der Waals surface area contributed by atoms with Crippen molar-refractivity contribution in [3.05, 3.63) is 0 Å². The summed E-state index contributed by atoms with van der Waals surface area (Å²) in [4.78, 5) is -0.0589. The van der Waals surface area contributed by atoms with Crippen LogP contribution in [-0.4, -0.2) is 48.3 Å². The van der Waals surface area contributed by atoms with Gasteiger partial charge in [-0.3, -0.25) is 0 Å². The molecule has 0 aromatic rings. The average Bonchev–Trinajstić information content (AvgIpc) is 1.97. The highest BCUT2D eigenvalue weighted by atomic mass is 32.2. The van der Waals surface area contributed by atoms with Crippen molar-refractivity contribution in [3.8, 4) is 0 Å². The molecule has 7 heteroatoms. The van der Waals surface area contributed by atoms with Gasteiger partial charge in [-0.05, 0) is 0 Å². The van der Waals surface area contributed by atoms with Crippen LogP contribution in [0.2, 0.25) is 0 Å². The Bertz CT molecular complexity index is 263. The molecule has 0 heterocycles. The smallest absolute Gasteiger partial charge is 0.220 e. The summed E-state index contributed by atoms with van der Waals surface area (Å²) in [6.07, 6.45) is 0. The monoisotopic (exact) mass is 226 g/mol. The highest BCUT2D eigenvalue weighted by Crippen LogP contribution is 2.00. The third-order valence-corrected chi connectivity index (χ3v) is 3.65. The number of hydrogen-bond donors (Lipinski definition) is 2. The molecule has 0 aliphatic heterocycles. The average molecular weight is 226 g/mol. The van der Waals surface area contributed by atoms with E-state index in [-0.39, 0.29) is 23.9 Å². The first-order valence-corrected chi connectivity index (χ1v) is 5.82. The molecule has 0 aliphatic rings. The van der Waals surface area contributed by atoms with E-state index >= 15 is 0 Å². The lowest BCUT2D eigenvalue weighted by Gasteiger charge is -2.18. The molecule has 0 aliphatic carbocycles. The Morgan fingerprint density at radius 2 is 2.15 bits per heavy atom. The molecule has 0 saturated heterocycles. The molecule has 0 bridgehead atoms. The summed E-state index contributed by atoms with van der Waals surface area (Å²) < 4.78 is 24.0. The quantitative estimate of drug-likeness (QED) is 0.563. The molecule has 3 N–H and O–H groups in total. The van der Waals surface area contributed by atoms with E-state index in [4.69, 9.17) is 10.8 Å². The third kappa shape index (κ3) is 4.51. The van der Waals surface area contributed by atoms with Crippen molar-refractivity contribution in [3.63, 3.8) is 0 Å². The predicted molar refractivity (Wildman–Crippen MR) is 54.9 cm³/mol. The Balaban J connectivity index is 4.48. The fourth-order valence-corrected chi connectivity index (χ4v) is 2.62. The third-order valence-electron chi connectivity index (χ3n) is 1.42. The molecule has 0 fully saturated rings. The highest BCUT2D eigenvalue weighted by molar-refractivity contribution is 7.92. The standard InChI is InChI=1S/C6H14N2O3S2/c1-2-8(3-4-9)13(10,11)5-6(7)12/h9H,2-5H2,1H3,(H2,7,12). The van der Waals surface area contributed by atoms with Crippen LogP contribution in [0.15, 0.2) is 0 Å². The van der Waals surface area contributed by atoms with Crippen molar-refractivity contribution in [2.45, 2.75) is 6.92 Å². The van der Waals surface area contributed by atoms with Gasteiger partial charge >= 0.3 is 0 Å². The predicted octanol–water partition coefficient (Wildman–Crippen LogP) is -1.08. The van der Waals surface area contributed by atoms with E-state index in [0.29, 0.717) is 6.54 Å². The SMILES string of the molecule is CCN(CCO)S(=O)(=O)CC(N)=S. The summed E-state index contributed by atoms with van der Waals surface area (Å²) in [5.41, 5.74) is 5.13. The zero-order chi connectivity index (χ0) is 10.5. The molecular formula is C6H14N2O3S2. The Morgan fingerprint density at radius 1 is 1.62 bits per heavy atom. The van der Waals surface area contributed by atoms with Gasteiger partial charge in [0.25, 0.3) is 0 Å². The number of hydrogen-bond acceptors (Lipinski definition) is 4. The van der Waals surface area contributed by atoms with Crippen LogP contribution < -0.4 is 5.73 Å². The van der Waals surface area contributed by atoms with Crippen molar-refractivity contribution in [1.82, 2.24) is 4.31 Å². The zero-order valence-corrected chi connectivity index (χ0v) is 9.07. The summed E-state index contributed by atoms with van der Waals surface area (Å²) in [5.74, 6) is -0.337. The van der Waals surface area contributed by atoms with Gasteiger partial charge in [-0.2, -0.15) is 4.31 Å². The zero-order valence-electron chi connectivity index (χ0n) is 7.43. The molecule has 0 rings (SSSR count). The van der Waals surface area contributed by atoms with Crippen molar-refractivity contribution in [2.75, 3.05) is 25.4 Å². The van der Waals surface area contributed by atoms with E-state index < -0.39 is 10.0 Å². The minimum absolute atomic E-state index is 0.0589. The fourth-order valence-electron chi connectivity index (χ4n) is 0.876. The number of thiocarbonyl (C=S) groups is 1. The summed E-state index contributed by atoms with van der Waals surface area (Å²) in [7, 11) is -3.43. The van der Waals surface area contributed by atoms with Crippen LogP contribution in [0.4, 0.5) is 0 Å². The molecule has 0 saturated carbocycles. The Labute approximate surface area is 83.6 Å². The molecule has 78 valence electrons. The molecule has 5 nitrogen and oxygen atoms in total. The number of sulfonamides is 1. The Morgan fingerprint density at radius 3 is 2.46 bits per heavy atom. The molecule has 0 aromatic carbocycles. The molecule has 0 unspecified atom stereocenters. The van der Waals surface area contributed by atoms with E-state index in [1.165, 1.54) is 0 Å². The Hall–Kier alpha value is -0.240. The van der Waals surface area contributed by atoms with Crippen molar-refractivity contribution < 1.29 is 13.5 Å². The topological polar surface area (TPSA) is 83.6 Å². The maximum atomic E-state index is 11.4. The van der Waals surface area contributed by atoms with E-state index in [0.717, 1.165) is 4.31 Å². The van der Waals surface area contributed by atoms with Crippen LogP contribution in [0.5, 0.6) is 0 Å². The highest BCUT2D eigenvalue weighted by Gasteiger charge is 2.20. The van der Waals surface area contributed by atoms with Gasteiger partial charge in [0.05, 0.1) is 11.6 Å². The second-order valence-corrected chi connectivity index (χ2v) is 4.93. The lowest BCUT2D eigenvalue weighted by Crippen LogP contribution is -2.38. The molecule has 0 radical (unpaired) electrons. The molecular weight excluding hydrogens is 212 g/mol. The normalized spacial score (nSPS) is 11.9. The second kappa shape index (κ2) is 5.48. The Kier molecular flexibility index (Phi) is 5.38. The maximum absolute atomic E-state index is 11.4. The van der Waals surface area contributed by atoms with E-state index in [2.05, 4.69) is 12.2 Å². The van der Waals surface area contributed by atoms with Crippen LogP contribution in [-0.2, 0) is 10.0 Å². The minimum Gasteiger partial charge on any atom is -0.395 e. The van der Waals surface area contributed by atoms with Gasteiger partial charge in [0.2, 0.25) is 10.0 Å². The molecule has 0 aromatic heterocycles. The fraction of sp³-hybridized carbons (Fsp3) is 0.833. The van der Waals surface area contributed by atoms with Crippen LogP contribution >= 0.6 is 12.2 Å². The van der Waals surface area contributed by atoms with Crippen LogP contribution in [0.3, 0.4) is 0 Å². The lowest BCUT2D eigenvalue weighted by atomic mass is 10.6. The van der Waals surface area contributed by atoms with Crippen molar-refractivity contribution in [2.24, 2.45) is 5.73 Å². The number of rotatable bonds is 6. The van der Waals surface area contributed by atoms with E-state index in [1.54, 1.807) is 6.92 Å². The minimum atomic E-state index is -3.43. The van der Waals surface area contributed by atoms with Gasteiger partial charge in [0.15, 0.2) is 0 Å². The first-order chi connectivity index (χ1) is 5.94. The molecule has 13 heavy (non-hydrogen) atoms. The summed E-state index contributed by atoms with van der Waals surface area (Å²) in [6.45, 7) is 1.88. The summed E-state index contributed by atoms with van der Waals surface area (Å²) >= 11 is 4.50. The summed E-state index contributed by atoms with van der Waals surface area (Å²) in [5, 5.41) is 8.60. The van der Waals surface area contributed by atoms with E-state index in [9.17, 15) is 8.42 Å². The van der Waals surface area contributed by atoms with Gasteiger partial charge in [-0.15, -0.1) is 0 Å². The first-order valence-electron chi connectivity index (χ1n) is 3.81. The van der Waals surface area contributed by atoms with Gasteiger partial charge in [-0.1, -0.05) is 19.1 Å². The van der Waals surface area contributed by atoms with Crippen LogP contribution in [0, 0.1) is 0 Å². The van der Waals surface area contributed by atoms with Crippen LogP contribution in [0.25, 0.3) is 0 Å². The van der Waals surface area contributed by atoms with Crippen molar-refractivity contribution >= 4 is 27.2 Å². The second-order valence-electron chi connectivity index (χ2n) is 2.44. The maximum Gasteiger partial charge on any atom is 0.220 e. The number of likely N-dealkylation sites (N-methyl/N-ethyl adjacent to an activating group) is 1. The van der Waals surface area contributed by atoms with Crippen molar-refractivity contribution in [1.29, 1.82) is 0 Å². The first kappa shape index (κ1) is 12.8. The van der Waals surface area contributed by atoms with Gasteiger partial charge in [0.1, 0.15) is 5.75 Å². The van der Waals surface area contributed by atoms with Gasteiger partial charge in [-0.25, -0.2) is 8.42 Å². The molecule has 0 amide bonds. The molecule has 0 atom stereocenters. The summed E-state index contributed by atoms with van der Waals surface area (Å²) in [6, 6.07) is 0. The number of aliphatic hydroxyl groups is 1. The molecule has 0 spiro atoms. The van der Waals surface area contributed by atoms with Gasteiger partial charge in [0, 0.05) is 13.1 Å². The number of nitrogens with zero attached hydrogens (tertiary/aromatic N) is 1. The number of aliphatic hydroxyl groups excluding tert-OH is 1. The van der Waals surface area contributed by atoms with Gasteiger partial charge < -0.3 is 10.8 Å². The lowest BCUT2D eigenvalue weighted by molar-refractivity contribution is 0.257. The largest absolute Gasteiger partial charge is 0.395 e.